The summed E-state index contributed by atoms with van der Waals surface area (Å²) < 4.78 is 27.5. The lowest BCUT2D eigenvalue weighted by molar-refractivity contribution is 0.0592. The number of hydrogen-bond acceptors (Lipinski definition) is 6. The van der Waals surface area contributed by atoms with E-state index in [9.17, 15) is 14.0 Å². The highest BCUT2D eigenvalue weighted by atomic mass is 19.1. The van der Waals surface area contributed by atoms with Gasteiger partial charge in [0.2, 0.25) is 0 Å². The highest BCUT2D eigenvalue weighted by Gasteiger charge is 2.26. The van der Waals surface area contributed by atoms with Crippen molar-refractivity contribution < 1.29 is 18.7 Å². The van der Waals surface area contributed by atoms with Gasteiger partial charge in [0.1, 0.15) is 23.7 Å². The molecule has 0 fully saturated rings. The molecule has 0 unspecified atom stereocenters. The van der Waals surface area contributed by atoms with E-state index in [0.717, 1.165) is 16.8 Å². The van der Waals surface area contributed by atoms with Gasteiger partial charge in [0.15, 0.2) is 0 Å². The number of aryl methyl sites for hydroxylation is 2. The summed E-state index contributed by atoms with van der Waals surface area (Å²) in [7, 11) is 3.20. The first kappa shape index (κ1) is 22.7. The maximum Gasteiger partial charge on any atom is 0.343 e. The molecule has 3 aromatic rings. The summed E-state index contributed by atoms with van der Waals surface area (Å²) in [6.45, 7) is 4.57. The molecule has 0 bridgehead atoms. The quantitative estimate of drug-likeness (QED) is 0.533. The van der Waals surface area contributed by atoms with Gasteiger partial charge in [0.25, 0.3) is 5.56 Å². The normalized spacial score (nSPS) is 13.9. The number of nitrogens with zero attached hydrogens (tertiary/aromatic N) is 4. The molecule has 33 heavy (non-hydrogen) atoms. The second-order valence-corrected chi connectivity index (χ2v) is 8.17. The Morgan fingerprint density at radius 2 is 1.94 bits per heavy atom. The minimum atomic E-state index is -0.551. The van der Waals surface area contributed by atoms with E-state index < -0.39 is 5.97 Å². The lowest BCUT2D eigenvalue weighted by Gasteiger charge is -2.18. The second-order valence-electron chi connectivity index (χ2n) is 8.17. The predicted molar refractivity (Wildman–Crippen MR) is 120 cm³/mol. The Morgan fingerprint density at radius 3 is 2.61 bits per heavy atom. The van der Waals surface area contributed by atoms with Crippen LogP contribution in [0.3, 0.4) is 0 Å². The summed E-state index contributed by atoms with van der Waals surface area (Å²) in [5.74, 6) is -0.716. The van der Waals surface area contributed by atoms with E-state index in [1.165, 1.54) is 25.3 Å². The Bertz CT molecular complexity index is 1220. The first-order valence-corrected chi connectivity index (χ1v) is 10.8. The van der Waals surface area contributed by atoms with Crippen LogP contribution >= 0.6 is 0 Å². The van der Waals surface area contributed by atoms with Crippen LogP contribution in [0.5, 0.6) is 5.75 Å². The van der Waals surface area contributed by atoms with E-state index in [-0.39, 0.29) is 29.3 Å². The summed E-state index contributed by atoms with van der Waals surface area (Å²) >= 11 is 0. The monoisotopic (exact) mass is 454 g/mol. The molecular weight excluding hydrogens is 427 g/mol. The number of aromatic nitrogens is 3. The summed E-state index contributed by atoms with van der Waals surface area (Å²) in [5.41, 5.74) is 3.47. The van der Waals surface area contributed by atoms with Gasteiger partial charge in [-0.25, -0.2) is 9.18 Å². The fraction of sp³-hybridized carbons (Fsp3) is 0.375. The van der Waals surface area contributed by atoms with E-state index in [1.54, 1.807) is 21.4 Å². The molecule has 1 aliphatic heterocycles. The van der Waals surface area contributed by atoms with Gasteiger partial charge in [0.05, 0.1) is 12.8 Å². The number of carbonyl (C=O) groups excluding carboxylic acids is 1. The maximum atomic E-state index is 13.2. The van der Waals surface area contributed by atoms with Gasteiger partial charge < -0.3 is 14.0 Å². The minimum absolute atomic E-state index is 0.0968. The molecule has 3 heterocycles. The van der Waals surface area contributed by atoms with Crippen molar-refractivity contribution in [1.29, 1.82) is 0 Å². The molecule has 174 valence electrons. The van der Waals surface area contributed by atoms with Crippen LogP contribution in [-0.2, 0) is 37.9 Å². The molecular formula is C24H27FN4O4. The van der Waals surface area contributed by atoms with Crippen LogP contribution < -0.4 is 10.3 Å². The molecule has 0 saturated carbocycles. The number of fused-ring (bicyclic) bond motifs is 1. The van der Waals surface area contributed by atoms with Crippen molar-refractivity contribution >= 4 is 5.97 Å². The standard InChI is InChI=1S/C24H27FN4O4/c1-16-18(13-27(2)26-16)14-28-9-8-20-23(24(31)32-3)21(12-22(30)29(20)11-10-28)33-15-17-4-6-19(25)7-5-17/h4-7,12-13H,8-11,14-15H2,1-3H3. The molecule has 0 saturated heterocycles. The number of esters is 1. The number of pyridine rings is 1. The van der Waals surface area contributed by atoms with E-state index in [0.29, 0.717) is 38.3 Å². The Labute approximate surface area is 191 Å². The zero-order valence-corrected chi connectivity index (χ0v) is 19.0. The van der Waals surface area contributed by atoms with E-state index in [1.807, 2.05) is 20.2 Å². The zero-order valence-electron chi connectivity index (χ0n) is 19.0. The highest BCUT2D eigenvalue weighted by Crippen LogP contribution is 2.25. The molecule has 0 aliphatic carbocycles. The minimum Gasteiger partial charge on any atom is -0.488 e. The van der Waals surface area contributed by atoms with Gasteiger partial charge in [-0.2, -0.15) is 5.10 Å². The van der Waals surface area contributed by atoms with Crippen molar-refractivity contribution in [3.8, 4) is 5.75 Å². The lowest BCUT2D eigenvalue weighted by atomic mass is 10.1. The molecule has 0 radical (unpaired) electrons. The average Bonchev–Trinajstić information content (AvgIpc) is 2.97. The van der Waals surface area contributed by atoms with Crippen molar-refractivity contribution in [2.24, 2.45) is 7.05 Å². The fourth-order valence-electron chi connectivity index (χ4n) is 4.17. The summed E-state index contributed by atoms with van der Waals surface area (Å²) in [6, 6.07) is 7.21. The van der Waals surface area contributed by atoms with Gasteiger partial charge in [0, 0.05) is 63.2 Å². The summed E-state index contributed by atoms with van der Waals surface area (Å²) in [4.78, 5) is 27.9. The number of ether oxygens (including phenoxy) is 2. The average molecular weight is 455 g/mol. The van der Waals surface area contributed by atoms with Crippen LogP contribution in [0.25, 0.3) is 0 Å². The fourth-order valence-corrected chi connectivity index (χ4v) is 4.17. The predicted octanol–water partition coefficient (Wildman–Crippen LogP) is 2.45. The number of hydrogen-bond donors (Lipinski definition) is 0. The smallest absolute Gasteiger partial charge is 0.343 e. The zero-order chi connectivity index (χ0) is 23.5. The van der Waals surface area contributed by atoms with E-state index >= 15 is 0 Å². The molecule has 1 aromatic carbocycles. The third-order valence-corrected chi connectivity index (χ3v) is 5.89. The third kappa shape index (κ3) is 4.98. The van der Waals surface area contributed by atoms with E-state index in [4.69, 9.17) is 9.47 Å². The Balaban J connectivity index is 1.61. The van der Waals surface area contributed by atoms with E-state index in [2.05, 4.69) is 10.00 Å². The summed E-state index contributed by atoms with van der Waals surface area (Å²) in [6.07, 6.45) is 2.49. The Hall–Kier alpha value is -3.46. The van der Waals surface area contributed by atoms with Gasteiger partial charge >= 0.3 is 5.97 Å². The largest absolute Gasteiger partial charge is 0.488 e. The molecule has 2 aromatic heterocycles. The van der Waals surface area contributed by atoms with Crippen molar-refractivity contribution in [3.63, 3.8) is 0 Å². The third-order valence-electron chi connectivity index (χ3n) is 5.89. The van der Waals surface area contributed by atoms with Crippen LogP contribution in [0, 0.1) is 12.7 Å². The Morgan fingerprint density at radius 1 is 1.18 bits per heavy atom. The molecule has 0 spiro atoms. The second kappa shape index (κ2) is 9.58. The maximum absolute atomic E-state index is 13.2. The molecule has 0 N–H and O–H groups in total. The van der Waals surface area contributed by atoms with Crippen LogP contribution in [0.15, 0.2) is 41.3 Å². The van der Waals surface area contributed by atoms with Crippen molar-refractivity contribution in [3.05, 3.63) is 80.8 Å². The highest BCUT2D eigenvalue weighted by molar-refractivity contribution is 5.93. The molecule has 0 atom stereocenters. The molecule has 8 nitrogen and oxygen atoms in total. The van der Waals surface area contributed by atoms with Gasteiger partial charge in [-0.3, -0.25) is 14.4 Å². The topological polar surface area (TPSA) is 78.6 Å². The number of rotatable bonds is 6. The van der Waals surface area contributed by atoms with Crippen LogP contribution in [0.1, 0.15) is 32.9 Å². The number of carbonyl (C=O) groups is 1. The van der Waals surface area contributed by atoms with Crippen LogP contribution in [0.4, 0.5) is 4.39 Å². The first-order valence-electron chi connectivity index (χ1n) is 10.8. The van der Waals surface area contributed by atoms with Gasteiger partial charge in [-0.15, -0.1) is 0 Å². The number of benzene rings is 1. The molecule has 9 heteroatoms. The van der Waals surface area contributed by atoms with Gasteiger partial charge in [-0.05, 0) is 24.6 Å². The molecule has 4 rings (SSSR count). The Kier molecular flexibility index (Phi) is 6.60. The van der Waals surface area contributed by atoms with Crippen LogP contribution in [0.2, 0.25) is 0 Å². The number of halogens is 1. The van der Waals surface area contributed by atoms with Crippen molar-refractivity contribution in [2.75, 3.05) is 20.2 Å². The molecule has 1 aliphatic rings. The summed E-state index contributed by atoms with van der Waals surface area (Å²) in [5, 5.41) is 4.40. The number of methoxy groups -OCH3 is 1. The van der Waals surface area contributed by atoms with Crippen molar-refractivity contribution in [1.82, 2.24) is 19.2 Å². The van der Waals surface area contributed by atoms with Crippen molar-refractivity contribution in [2.45, 2.75) is 33.0 Å². The lowest BCUT2D eigenvalue weighted by Crippen LogP contribution is -2.29. The van der Waals surface area contributed by atoms with Crippen LogP contribution in [-0.4, -0.2) is 45.4 Å². The van der Waals surface area contributed by atoms with Gasteiger partial charge in [-0.1, -0.05) is 12.1 Å². The first-order chi connectivity index (χ1) is 15.9. The molecule has 0 amide bonds. The SMILES string of the molecule is COC(=O)c1c(OCc2ccc(F)cc2)cc(=O)n2c1CCN(Cc1cn(C)nc1C)CC2.